The molecule has 0 bridgehead atoms. The molecule has 0 radical (unpaired) electrons. The van der Waals surface area contributed by atoms with Crippen LogP contribution in [-0.2, 0) is 6.54 Å². The summed E-state index contributed by atoms with van der Waals surface area (Å²) >= 11 is 0. The largest absolute Gasteiger partial charge is 0.493 e. The Hall–Kier alpha value is -1.29. The van der Waals surface area contributed by atoms with E-state index in [0.29, 0.717) is 17.1 Å². The number of benzene rings is 1. The molecule has 0 unspecified atom stereocenters. The molecule has 0 spiro atoms. The molecule has 0 aliphatic carbocycles. The molecule has 1 aromatic rings. The van der Waals surface area contributed by atoms with E-state index in [1.807, 2.05) is 13.8 Å². The lowest BCUT2D eigenvalue weighted by Gasteiger charge is -2.16. The van der Waals surface area contributed by atoms with Gasteiger partial charge in [-0.15, -0.1) is 0 Å². The van der Waals surface area contributed by atoms with Gasteiger partial charge in [0.25, 0.3) is 0 Å². The van der Waals surface area contributed by atoms with E-state index in [1.54, 1.807) is 0 Å². The lowest BCUT2D eigenvalue weighted by Crippen LogP contribution is -2.11. The van der Waals surface area contributed by atoms with E-state index < -0.39 is 0 Å². The zero-order valence-electron chi connectivity index (χ0n) is 9.21. The second-order valence-corrected chi connectivity index (χ2v) is 3.47. The Morgan fingerprint density at radius 3 is 2.53 bits per heavy atom. The van der Waals surface area contributed by atoms with Gasteiger partial charge < -0.3 is 15.2 Å². The van der Waals surface area contributed by atoms with E-state index in [-0.39, 0.29) is 18.5 Å². The monoisotopic (exact) mass is 213 g/mol. The summed E-state index contributed by atoms with van der Waals surface area (Å²) in [6.45, 7) is 4.00. The smallest absolute Gasteiger partial charge is 0.166 e. The van der Waals surface area contributed by atoms with Gasteiger partial charge in [0.2, 0.25) is 0 Å². The highest BCUT2D eigenvalue weighted by Gasteiger charge is 2.13. The molecule has 0 saturated heterocycles. The topological polar surface area (TPSA) is 44.5 Å². The van der Waals surface area contributed by atoms with Crippen LogP contribution >= 0.6 is 0 Å². The summed E-state index contributed by atoms with van der Waals surface area (Å²) in [6, 6.07) is 2.65. The average molecular weight is 213 g/mol. The first-order chi connectivity index (χ1) is 7.08. The van der Waals surface area contributed by atoms with E-state index >= 15 is 0 Å². The van der Waals surface area contributed by atoms with E-state index in [4.69, 9.17) is 15.2 Å². The zero-order valence-corrected chi connectivity index (χ0v) is 9.21. The molecule has 0 saturated carbocycles. The second-order valence-electron chi connectivity index (χ2n) is 3.47. The maximum atomic E-state index is 13.1. The van der Waals surface area contributed by atoms with Crippen molar-refractivity contribution in [2.75, 3.05) is 7.11 Å². The van der Waals surface area contributed by atoms with Crippen molar-refractivity contribution in [1.82, 2.24) is 0 Å². The van der Waals surface area contributed by atoms with Gasteiger partial charge in [-0.2, -0.15) is 0 Å². The van der Waals surface area contributed by atoms with Gasteiger partial charge in [-0.05, 0) is 19.9 Å². The Morgan fingerprint density at radius 2 is 2.07 bits per heavy atom. The number of halogens is 1. The number of methoxy groups -OCH3 is 1. The number of nitrogens with two attached hydrogens (primary N) is 1. The summed E-state index contributed by atoms with van der Waals surface area (Å²) < 4.78 is 23.7. The van der Waals surface area contributed by atoms with Gasteiger partial charge in [-0.3, -0.25) is 0 Å². The third-order valence-corrected chi connectivity index (χ3v) is 1.89. The predicted octanol–water partition coefficient (Wildman–Crippen LogP) is 2.08. The van der Waals surface area contributed by atoms with Crippen molar-refractivity contribution in [3.8, 4) is 11.5 Å². The van der Waals surface area contributed by atoms with E-state index in [9.17, 15) is 4.39 Å². The molecule has 1 rings (SSSR count). The minimum atomic E-state index is -0.372. The van der Waals surface area contributed by atoms with E-state index in [2.05, 4.69) is 0 Å². The average Bonchev–Trinajstić information content (AvgIpc) is 2.19. The van der Waals surface area contributed by atoms with Crippen molar-refractivity contribution in [2.24, 2.45) is 5.73 Å². The molecule has 3 nitrogen and oxygen atoms in total. The molecule has 0 atom stereocenters. The lowest BCUT2D eigenvalue weighted by atomic mass is 10.1. The Bertz CT molecular complexity index is 314. The third-order valence-electron chi connectivity index (χ3n) is 1.89. The Morgan fingerprint density at radius 1 is 1.40 bits per heavy atom. The molecular weight excluding hydrogens is 197 g/mol. The highest BCUT2D eigenvalue weighted by Crippen LogP contribution is 2.32. The molecule has 1 aromatic carbocycles. The minimum Gasteiger partial charge on any atom is -0.493 e. The predicted molar refractivity (Wildman–Crippen MR) is 56.6 cm³/mol. The van der Waals surface area contributed by atoms with Crippen molar-refractivity contribution < 1.29 is 13.9 Å². The van der Waals surface area contributed by atoms with Gasteiger partial charge in [-0.25, -0.2) is 4.39 Å². The van der Waals surface area contributed by atoms with Crippen LogP contribution in [-0.4, -0.2) is 13.2 Å². The van der Waals surface area contributed by atoms with Crippen molar-refractivity contribution in [1.29, 1.82) is 0 Å². The van der Waals surface area contributed by atoms with Gasteiger partial charge in [0, 0.05) is 18.2 Å². The number of hydrogen-bond donors (Lipinski definition) is 1. The van der Waals surface area contributed by atoms with Crippen molar-refractivity contribution in [2.45, 2.75) is 26.5 Å². The van der Waals surface area contributed by atoms with Crippen LogP contribution in [0.2, 0.25) is 0 Å². The number of ether oxygens (including phenoxy) is 2. The molecule has 0 aliphatic heterocycles. The SMILES string of the molecule is COc1cc(F)cc(CN)c1OC(C)C. The van der Waals surface area contributed by atoms with E-state index in [1.165, 1.54) is 19.2 Å². The summed E-state index contributed by atoms with van der Waals surface area (Å²) in [4.78, 5) is 0. The van der Waals surface area contributed by atoms with Crippen LogP contribution in [0.25, 0.3) is 0 Å². The first-order valence-electron chi connectivity index (χ1n) is 4.81. The second kappa shape index (κ2) is 4.98. The van der Waals surface area contributed by atoms with Crippen LogP contribution in [0.3, 0.4) is 0 Å². The van der Waals surface area contributed by atoms with Gasteiger partial charge in [0.1, 0.15) is 5.82 Å². The van der Waals surface area contributed by atoms with Crippen LogP contribution in [0, 0.1) is 5.82 Å². The van der Waals surface area contributed by atoms with Crippen LogP contribution in [0.1, 0.15) is 19.4 Å². The van der Waals surface area contributed by atoms with Crippen molar-refractivity contribution >= 4 is 0 Å². The first kappa shape index (κ1) is 11.8. The standard InChI is InChI=1S/C11H16FNO2/c1-7(2)15-11-8(6-13)4-9(12)5-10(11)14-3/h4-5,7H,6,13H2,1-3H3. The summed E-state index contributed by atoms with van der Waals surface area (Å²) in [5.41, 5.74) is 6.13. The fourth-order valence-electron chi connectivity index (χ4n) is 1.30. The van der Waals surface area contributed by atoms with Gasteiger partial charge in [0.15, 0.2) is 11.5 Å². The summed E-state index contributed by atoms with van der Waals surface area (Å²) in [5.74, 6) is 0.531. The van der Waals surface area contributed by atoms with Crippen LogP contribution in [0.5, 0.6) is 11.5 Å². The summed E-state index contributed by atoms with van der Waals surface area (Å²) in [7, 11) is 1.47. The Labute approximate surface area is 89.0 Å². The Kier molecular flexibility index (Phi) is 3.91. The highest BCUT2D eigenvalue weighted by atomic mass is 19.1. The van der Waals surface area contributed by atoms with Crippen LogP contribution < -0.4 is 15.2 Å². The van der Waals surface area contributed by atoms with Gasteiger partial charge in [-0.1, -0.05) is 0 Å². The maximum absolute atomic E-state index is 13.1. The Balaban J connectivity index is 3.18. The van der Waals surface area contributed by atoms with Crippen molar-refractivity contribution in [3.05, 3.63) is 23.5 Å². The molecule has 0 aromatic heterocycles. The molecule has 4 heteroatoms. The third kappa shape index (κ3) is 2.83. The van der Waals surface area contributed by atoms with Gasteiger partial charge >= 0.3 is 0 Å². The fourth-order valence-corrected chi connectivity index (χ4v) is 1.30. The normalized spacial score (nSPS) is 10.5. The fraction of sp³-hybridized carbons (Fsp3) is 0.455. The highest BCUT2D eigenvalue weighted by molar-refractivity contribution is 5.47. The first-order valence-corrected chi connectivity index (χ1v) is 4.81. The van der Waals surface area contributed by atoms with Crippen LogP contribution in [0.15, 0.2) is 12.1 Å². The summed E-state index contributed by atoms with van der Waals surface area (Å²) in [6.07, 6.45) is -0.00494. The lowest BCUT2D eigenvalue weighted by molar-refractivity contribution is 0.227. The number of hydrogen-bond acceptors (Lipinski definition) is 3. The minimum absolute atomic E-state index is 0.00494. The molecule has 84 valence electrons. The number of rotatable bonds is 4. The molecule has 0 heterocycles. The molecule has 0 amide bonds. The van der Waals surface area contributed by atoms with Gasteiger partial charge in [0.05, 0.1) is 13.2 Å². The molecular formula is C11H16FNO2. The molecule has 0 fully saturated rings. The van der Waals surface area contributed by atoms with E-state index in [0.717, 1.165) is 0 Å². The quantitative estimate of drug-likeness (QED) is 0.832. The maximum Gasteiger partial charge on any atom is 0.166 e. The molecule has 15 heavy (non-hydrogen) atoms. The molecule has 0 aliphatic rings. The zero-order chi connectivity index (χ0) is 11.4. The molecule has 2 N–H and O–H groups in total. The summed E-state index contributed by atoms with van der Waals surface area (Å²) in [5, 5.41) is 0. The van der Waals surface area contributed by atoms with Crippen LogP contribution in [0.4, 0.5) is 4.39 Å². The van der Waals surface area contributed by atoms with Crippen molar-refractivity contribution in [3.63, 3.8) is 0 Å².